The summed E-state index contributed by atoms with van der Waals surface area (Å²) in [4.78, 5) is 4.93. The quantitative estimate of drug-likeness (QED) is 0.309. The van der Waals surface area contributed by atoms with Crippen LogP contribution in [0.25, 0.3) is 49.7 Å². The van der Waals surface area contributed by atoms with Gasteiger partial charge in [0, 0.05) is 17.1 Å². The highest BCUT2D eigenvalue weighted by Crippen LogP contribution is 2.44. The van der Waals surface area contributed by atoms with Gasteiger partial charge in [-0.2, -0.15) is 0 Å². The first-order chi connectivity index (χ1) is 14.8. The number of pyridine rings is 1. The molecule has 0 spiro atoms. The van der Waals surface area contributed by atoms with Crippen molar-refractivity contribution in [2.24, 2.45) is 0 Å². The van der Waals surface area contributed by atoms with Crippen LogP contribution in [0.5, 0.6) is 0 Å². The van der Waals surface area contributed by atoms with Crippen molar-refractivity contribution < 1.29 is 4.39 Å². The van der Waals surface area contributed by atoms with Gasteiger partial charge < -0.3 is 0 Å². The van der Waals surface area contributed by atoms with Crippen LogP contribution < -0.4 is 0 Å². The van der Waals surface area contributed by atoms with E-state index in [-0.39, 0.29) is 5.82 Å². The zero-order valence-electron chi connectivity index (χ0n) is 16.1. The first kappa shape index (κ1) is 16.9. The zero-order chi connectivity index (χ0) is 20.1. The fourth-order valence-electron chi connectivity index (χ4n) is 4.40. The highest BCUT2D eigenvalue weighted by Gasteiger charge is 2.21. The monoisotopic (exact) mass is 388 g/mol. The van der Waals surface area contributed by atoms with Gasteiger partial charge >= 0.3 is 0 Å². The van der Waals surface area contributed by atoms with E-state index >= 15 is 0 Å². The second-order valence-corrected chi connectivity index (χ2v) is 7.41. The normalized spacial score (nSPS) is 11.5. The Bertz CT molecular complexity index is 1530. The van der Waals surface area contributed by atoms with Gasteiger partial charge in [0.05, 0.1) is 11.0 Å². The molecule has 142 valence electrons. The Kier molecular flexibility index (Phi) is 3.68. The summed E-state index contributed by atoms with van der Waals surface area (Å²) < 4.78 is 16.6. The van der Waals surface area contributed by atoms with Crippen LogP contribution >= 0.6 is 0 Å². The molecule has 0 atom stereocenters. The molecule has 0 aliphatic heterocycles. The molecule has 2 heterocycles. The summed E-state index contributed by atoms with van der Waals surface area (Å²) in [5.41, 5.74) is 7.02. The fraction of sp³-hybridized carbons (Fsp3) is 0. The molecule has 0 N–H and O–H groups in total. The maximum atomic E-state index is 14.4. The van der Waals surface area contributed by atoms with Crippen LogP contribution in [-0.2, 0) is 0 Å². The van der Waals surface area contributed by atoms with Crippen LogP contribution in [0.15, 0.2) is 103 Å². The Labute approximate surface area is 172 Å². The number of nitrogens with zero attached hydrogens (tertiary/aromatic N) is 2. The van der Waals surface area contributed by atoms with E-state index < -0.39 is 0 Å². The second-order valence-electron chi connectivity index (χ2n) is 7.41. The molecule has 0 saturated carbocycles. The molecule has 2 nitrogen and oxygen atoms in total. The van der Waals surface area contributed by atoms with Gasteiger partial charge in [0.25, 0.3) is 0 Å². The average Bonchev–Trinajstić information content (AvgIpc) is 3.18. The molecule has 0 unspecified atom stereocenters. The van der Waals surface area contributed by atoms with Crippen molar-refractivity contribution >= 4 is 27.5 Å². The van der Waals surface area contributed by atoms with E-state index in [1.165, 1.54) is 6.07 Å². The molecule has 0 fully saturated rings. The van der Waals surface area contributed by atoms with Gasteiger partial charge in [0.15, 0.2) is 0 Å². The van der Waals surface area contributed by atoms with E-state index in [1.54, 1.807) is 6.07 Å². The Balaban J connectivity index is 1.95. The van der Waals surface area contributed by atoms with Crippen molar-refractivity contribution in [3.63, 3.8) is 0 Å². The predicted molar refractivity (Wildman–Crippen MR) is 121 cm³/mol. The van der Waals surface area contributed by atoms with E-state index in [0.29, 0.717) is 0 Å². The Morgan fingerprint density at radius 2 is 1.30 bits per heavy atom. The van der Waals surface area contributed by atoms with Gasteiger partial charge in [-0.25, -0.2) is 9.37 Å². The summed E-state index contributed by atoms with van der Waals surface area (Å²) in [7, 11) is 0. The summed E-state index contributed by atoms with van der Waals surface area (Å²) in [5.74, 6) is -0.248. The number of hydrogen-bond acceptors (Lipinski definition) is 1. The van der Waals surface area contributed by atoms with Crippen molar-refractivity contribution in [2.75, 3.05) is 0 Å². The number of hydrogen-bond donors (Lipinski definition) is 0. The molecule has 6 rings (SSSR count). The number of fused-ring (bicyclic) bond motifs is 5. The molecular formula is C27H17FN2. The van der Waals surface area contributed by atoms with Crippen LogP contribution in [0.2, 0.25) is 0 Å². The van der Waals surface area contributed by atoms with E-state index in [0.717, 1.165) is 49.7 Å². The SMILES string of the molecule is Fc1ccc2c(c1)c(-c1ccccc1)c(-c1ccccc1)c1c2nc2ccccn21. The molecule has 0 radical (unpaired) electrons. The molecule has 0 aliphatic rings. The topological polar surface area (TPSA) is 17.3 Å². The summed E-state index contributed by atoms with van der Waals surface area (Å²) in [6.07, 6.45) is 2.04. The van der Waals surface area contributed by atoms with Crippen molar-refractivity contribution in [3.05, 3.63) is 109 Å². The van der Waals surface area contributed by atoms with E-state index in [9.17, 15) is 4.39 Å². The van der Waals surface area contributed by atoms with Gasteiger partial charge in [-0.15, -0.1) is 0 Å². The van der Waals surface area contributed by atoms with Crippen LogP contribution in [0, 0.1) is 5.82 Å². The molecule has 3 heteroatoms. The lowest BCUT2D eigenvalue weighted by molar-refractivity contribution is 0.630. The summed E-state index contributed by atoms with van der Waals surface area (Å²) in [6, 6.07) is 31.5. The minimum Gasteiger partial charge on any atom is -0.299 e. The van der Waals surface area contributed by atoms with Crippen LogP contribution in [0.1, 0.15) is 0 Å². The zero-order valence-corrected chi connectivity index (χ0v) is 16.1. The molecular weight excluding hydrogens is 371 g/mol. The van der Waals surface area contributed by atoms with Gasteiger partial charge in [-0.1, -0.05) is 66.7 Å². The lowest BCUT2D eigenvalue weighted by atomic mass is 9.88. The number of benzene rings is 4. The highest BCUT2D eigenvalue weighted by atomic mass is 19.1. The Morgan fingerprint density at radius 3 is 2.03 bits per heavy atom. The summed E-state index contributed by atoms with van der Waals surface area (Å²) in [6.45, 7) is 0. The third-order valence-corrected chi connectivity index (χ3v) is 5.65. The van der Waals surface area contributed by atoms with Crippen LogP contribution in [0.4, 0.5) is 4.39 Å². The molecule has 0 amide bonds. The molecule has 0 aliphatic carbocycles. The van der Waals surface area contributed by atoms with Crippen molar-refractivity contribution in [1.82, 2.24) is 9.38 Å². The lowest BCUT2D eigenvalue weighted by Crippen LogP contribution is -1.94. The van der Waals surface area contributed by atoms with Gasteiger partial charge in [0.1, 0.15) is 11.5 Å². The number of imidazole rings is 1. The van der Waals surface area contributed by atoms with Crippen molar-refractivity contribution in [2.45, 2.75) is 0 Å². The summed E-state index contributed by atoms with van der Waals surface area (Å²) in [5, 5.41) is 1.82. The predicted octanol–water partition coefficient (Wildman–Crippen LogP) is 7.11. The van der Waals surface area contributed by atoms with Crippen molar-refractivity contribution in [3.8, 4) is 22.3 Å². The highest BCUT2D eigenvalue weighted by molar-refractivity contribution is 6.20. The Morgan fingerprint density at radius 1 is 0.633 bits per heavy atom. The Hall–Kier alpha value is -3.98. The summed E-state index contributed by atoms with van der Waals surface area (Å²) >= 11 is 0. The standard InChI is InChI=1S/C27H17FN2/c28-20-14-15-21-22(17-20)24(18-9-3-1-4-10-18)25(19-11-5-2-6-12-19)27-26(21)29-23-13-7-8-16-30(23)27/h1-17H. The molecule has 2 aromatic heterocycles. The van der Waals surface area contributed by atoms with Gasteiger partial charge in [-0.05, 0) is 52.4 Å². The maximum Gasteiger partial charge on any atom is 0.137 e. The van der Waals surface area contributed by atoms with E-state index in [2.05, 4.69) is 28.7 Å². The third-order valence-electron chi connectivity index (χ3n) is 5.65. The third kappa shape index (κ3) is 2.45. The van der Waals surface area contributed by atoms with Crippen molar-refractivity contribution in [1.29, 1.82) is 0 Å². The number of rotatable bonds is 2. The van der Waals surface area contributed by atoms with E-state index in [1.807, 2.05) is 66.9 Å². The lowest BCUT2D eigenvalue weighted by Gasteiger charge is -2.16. The smallest absolute Gasteiger partial charge is 0.137 e. The van der Waals surface area contributed by atoms with Gasteiger partial charge in [-0.3, -0.25) is 4.40 Å². The molecule has 6 aromatic rings. The average molecular weight is 388 g/mol. The minimum absolute atomic E-state index is 0.248. The first-order valence-electron chi connectivity index (χ1n) is 9.94. The number of aromatic nitrogens is 2. The molecule has 0 saturated heterocycles. The largest absolute Gasteiger partial charge is 0.299 e. The molecule has 0 bridgehead atoms. The number of halogens is 1. The molecule has 4 aromatic carbocycles. The maximum absolute atomic E-state index is 14.4. The van der Waals surface area contributed by atoms with Crippen LogP contribution in [0.3, 0.4) is 0 Å². The van der Waals surface area contributed by atoms with Crippen LogP contribution in [-0.4, -0.2) is 9.38 Å². The second kappa shape index (κ2) is 6.53. The minimum atomic E-state index is -0.248. The fourth-order valence-corrected chi connectivity index (χ4v) is 4.40. The molecule has 30 heavy (non-hydrogen) atoms. The van der Waals surface area contributed by atoms with E-state index in [4.69, 9.17) is 4.98 Å². The van der Waals surface area contributed by atoms with Gasteiger partial charge in [0.2, 0.25) is 0 Å². The first-order valence-corrected chi connectivity index (χ1v) is 9.94.